The fourth-order valence-electron chi connectivity index (χ4n) is 1.26. The van der Waals surface area contributed by atoms with Crippen LogP contribution in [-0.2, 0) is 0 Å². The quantitative estimate of drug-likeness (QED) is 0.792. The molecule has 1 heterocycles. The molecule has 0 spiro atoms. The molecule has 0 aliphatic rings. The van der Waals surface area contributed by atoms with Gasteiger partial charge in [-0.05, 0) is 27.7 Å². The highest BCUT2D eigenvalue weighted by atomic mass is 16.3. The van der Waals surface area contributed by atoms with Gasteiger partial charge in [0.1, 0.15) is 0 Å². The molecule has 0 radical (unpaired) electrons. The Balaban J connectivity index is 2.95. The molecular formula is C10H18N4O. The van der Waals surface area contributed by atoms with Gasteiger partial charge in [-0.3, -0.25) is 0 Å². The lowest BCUT2D eigenvalue weighted by atomic mass is 10.3. The van der Waals surface area contributed by atoms with Crippen molar-refractivity contribution >= 4 is 5.95 Å². The van der Waals surface area contributed by atoms with Gasteiger partial charge in [-0.2, -0.15) is 5.10 Å². The zero-order valence-electron chi connectivity index (χ0n) is 9.73. The van der Waals surface area contributed by atoms with Crippen LogP contribution in [0, 0.1) is 13.8 Å². The first-order valence-corrected chi connectivity index (χ1v) is 5.11. The van der Waals surface area contributed by atoms with Crippen molar-refractivity contribution in [3.05, 3.63) is 11.4 Å². The Morgan fingerprint density at radius 2 is 1.87 bits per heavy atom. The SMILES string of the molecule is Cc1nnc(N(CCO)C(C)C)nc1C. The fourth-order valence-corrected chi connectivity index (χ4v) is 1.26. The molecule has 0 saturated carbocycles. The van der Waals surface area contributed by atoms with E-state index in [1.54, 1.807) is 0 Å². The zero-order valence-corrected chi connectivity index (χ0v) is 9.73. The summed E-state index contributed by atoms with van der Waals surface area (Å²) < 4.78 is 0. The molecule has 0 amide bonds. The van der Waals surface area contributed by atoms with Crippen molar-refractivity contribution in [3.63, 3.8) is 0 Å². The van der Waals surface area contributed by atoms with Gasteiger partial charge in [0.15, 0.2) is 0 Å². The predicted molar refractivity (Wildman–Crippen MR) is 58.9 cm³/mol. The van der Waals surface area contributed by atoms with Gasteiger partial charge >= 0.3 is 0 Å². The normalized spacial score (nSPS) is 10.8. The van der Waals surface area contributed by atoms with Crippen molar-refractivity contribution in [2.24, 2.45) is 0 Å². The standard InChI is InChI=1S/C10H18N4O/c1-7(2)14(5-6-15)10-11-8(3)9(4)12-13-10/h7,15H,5-6H2,1-4H3. The number of nitrogens with zero attached hydrogens (tertiary/aromatic N) is 4. The van der Waals surface area contributed by atoms with Crippen LogP contribution in [0.1, 0.15) is 25.2 Å². The molecule has 1 rings (SSSR count). The minimum absolute atomic E-state index is 0.0917. The molecule has 0 fully saturated rings. The van der Waals surface area contributed by atoms with Crippen LogP contribution in [0.4, 0.5) is 5.95 Å². The Morgan fingerprint density at radius 3 is 2.33 bits per heavy atom. The maximum Gasteiger partial charge on any atom is 0.245 e. The van der Waals surface area contributed by atoms with Crippen LogP contribution in [-0.4, -0.2) is 39.5 Å². The summed E-state index contributed by atoms with van der Waals surface area (Å²) in [5.74, 6) is 0.585. The van der Waals surface area contributed by atoms with Crippen molar-refractivity contribution in [1.29, 1.82) is 0 Å². The number of anilines is 1. The van der Waals surface area contributed by atoms with Crippen LogP contribution < -0.4 is 4.90 Å². The molecule has 1 N–H and O–H groups in total. The summed E-state index contributed by atoms with van der Waals surface area (Å²) >= 11 is 0. The van der Waals surface area contributed by atoms with E-state index < -0.39 is 0 Å². The highest BCUT2D eigenvalue weighted by molar-refractivity contribution is 5.30. The van der Waals surface area contributed by atoms with E-state index in [2.05, 4.69) is 15.2 Å². The third kappa shape index (κ3) is 2.86. The Bertz CT molecular complexity index is 327. The lowest BCUT2D eigenvalue weighted by Gasteiger charge is -2.25. The average molecular weight is 210 g/mol. The number of rotatable bonds is 4. The van der Waals surface area contributed by atoms with Crippen molar-refractivity contribution < 1.29 is 5.11 Å². The molecule has 1 aromatic heterocycles. The monoisotopic (exact) mass is 210 g/mol. The second-order valence-corrected chi connectivity index (χ2v) is 3.79. The van der Waals surface area contributed by atoms with Gasteiger partial charge in [-0.1, -0.05) is 0 Å². The van der Waals surface area contributed by atoms with E-state index in [1.807, 2.05) is 32.6 Å². The summed E-state index contributed by atoms with van der Waals surface area (Å²) in [6.07, 6.45) is 0. The van der Waals surface area contributed by atoms with Crippen molar-refractivity contribution in [2.45, 2.75) is 33.7 Å². The average Bonchev–Trinajstić information content (AvgIpc) is 2.18. The first kappa shape index (κ1) is 11.8. The summed E-state index contributed by atoms with van der Waals surface area (Å²) in [5, 5.41) is 17.0. The molecule has 15 heavy (non-hydrogen) atoms. The minimum atomic E-state index is 0.0917. The summed E-state index contributed by atoms with van der Waals surface area (Å²) in [7, 11) is 0. The summed E-state index contributed by atoms with van der Waals surface area (Å²) in [5.41, 5.74) is 1.72. The van der Waals surface area contributed by atoms with E-state index in [1.165, 1.54) is 0 Å². The second-order valence-electron chi connectivity index (χ2n) is 3.79. The number of aliphatic hydroxyl groups excluding tert-OH is 1. The molecule has 0 bridgehead atoms. The predicted octanol–water partition coefficient (Wildman–Crippen LogP) is 0.696. The topological polar surface area (TPSA) is 62.1 Å². The largest absolute Gasteiger partial charge is 0.395 e. The molecule has 0 unspecified atom stereocenters. The molecule has 84 valence electrons. The molecule has 5 nitrogen and oxygen atoms in total. The van der Waals surface area contributed by atoms with Gasteiger partial charge < -0.3 is 10.0 Å². The van der Waals surface area contributed by atoms with Crippen molar-refractivity contribution in [1.82, 2.24) is 15.2 Å². The van der Waals surface area contributed by atoms with E-state index in [0.29, 0.717) is 12.5 Å². The second kappa shape index (κ2) is 5.02. The van der Waals surface area contributed by atoms with Crippen LogP contribution in [0.15, 0.2) is 0 Å². The third-order valence-corrected chi connectivity index (χ3v) is 2.30. The molecular weight excluding hydrogens is 192 g/mol. The van der Waals surface area contributed by atoms with Crippen LogP contribution in [0.2, 0.25) is 0 Å². The Hall–Kier alpha value is -1.23. The van der Waals surface area contributed by atoms with Gasteiger partial charge in [0.25, 0.3) is 0 Å². The van der Waals surface area contributed by atoms with Crippen LogP contribution in [0.5, 0.6) is 0 Å². The molecule has 0 atom stereocenters. The number of aliphatic hydroxyl groups is 1. The maximum absolute atomic E-state index is 8.95. The summed E-state index contributed by atoms with van der Waals surface area (Å²) in [6.45, 7) is 8.48. The van der Waals surface area contributed by atoms with E-state index in [4.69, 9.17) is 5.11 Å². The molecule has 0 aliphatic heterocycles. The highest BCUT2D eigenvalue weighted by Crippen LogP contribution is 2.11. The van der Waals surface area contributed by atoms with Gasteiger partial charge in [-0.15, -0.1) is 5.10 Å². The van der Waals surface area contributed by atoms with E-state index >= 15 is 0 Å². The smallest absolute Gasteiger partial charge is 0.245 e. The number of aromatic nitrogens is 3. The van der Waals surface area contributed by atoms with Gasteiger partial charge in [0.2, 0.25) is 5.95 Å². The van der Waals surface area contributed by atoms with Crippen molar-refractivity contribution in [3.8, 4) is 0 Å². The van der Waals surface area contributed by atoms with Gasteiger partial charge in [0.05, 0.1) is 18.0 Å². The summed E-state index contributed by atoms with van der Waals surface area (Å²) in [6, 6.07) is 0.251. The van der Waals surface area contributed by atoms with E-state index in [9.17, 15) is 0 Å². The lowest BCUT2D eigenvalue weighted by Crippen LogP contribution is -2.35. The van der Waals surface area contributed by atoms with Gasteiger partial charge in [-0.25, -0.2) is 4.98 Å². The zero-order chi connectivity index (χ0) is 11.4. The lowest BCUT2D eigenvalue weighted by molar-refractivity contribution is 0.298. The molecule has 0 saturated heterocycles. The van der Waals surface area contributed by atoms with E-state index in [0.717, 1.165) is 11.4 Å². The number of aryl methyl sites for hydroxylation is 2. The molecule has 5 heteroatoms. The molecule has 1 aromatic rings. The minimum Gasteiger partial charge on any atom is -0.395 e. The Morgan fingerprint density at radius 1 is 1.20 bits per heavy atom. The Labute approximate surface area is 90.2 Å². The first-order valence-electron chi connectivity index (χ1n) is 5.11. The Kier molecular flexibility index (Phi) is 3.96. The summed E-state index contributed by atoms with van der Waals surface area (Å²) in [4.78, 5) is 6.28. The highest BCUT2D eigenvalue weighted by Gasteiger charge is 2.13. The third-order valence-electron chi connectivity index (χ3n) is 2.30. The fraction of sp³-hybridized carbons (Fsp3) is 0.700. The van der Waals surface area contributed by atoms with Gasteiger partial charge in [0, 0.05) is 12.6 Å². The number of hydrogen-bond acceptors (Lipinski definition) is 5. The molecule has 0 aromatic carbocycles. The molecule has 0 aliphatic carbocycles. The van der Waals surface area contributed by atoms with E-state index in [-0.39, 0.29) is 12.6 Å². The van der Waals surface area contributed by atoms with Crippen molar-refractivity contribution in [2.75, 3.05) is 18.1 Å². The number of hydrogen-bond donors (Lipinski definition) is 1. The van der Waals surface area contributed by atoms with Crippen LogP contribution in [0.3, 0.4) is 0 Å². The first-order chi connectivity index (χ1) is 7.06. The van der Waals surface area contributed by atoms with Crippen LogP contribution >= 0.6 is 0 Å². The van der Waals surface area contributed by atoms with Crippen LogP contribution in [0.25, 0.3) is 0 Å². The maximum atomic E-state index is 8.95.